The summed E-state index contributed by atoms with van der Waals surface area (Å²) in [6.45, 7) is 0. The average Bonchev–Trinajstić information content (AvgIpc) is 3.20. The number of thiazole rings is 1. The lowest BCUT2D eigenvalue weighted by Gasteiger charge is -2.16. The van der Waals surface area contributed by atoms with E-state index in [0.717, 1.165) is 11.6 Å². The predicted molar refractivity (Wildman–Crippen MR) is 92.7 cm³/mol. The van der Waals surface area contributed by atoms with Crippen LogP contribution in [-0.2, 0) is 16.0 Å². The molecule has 2 amide bonds. The van der Waals surface area contributed by atoms with Crippen molar-refractivity contribution in [3.63, 3.8) is 0 Å². The van der Waals surface area contributed by atoms with Crippen molar-refractivity contribution in [3.05, 3.63) is 47.4 Å². The number of hydrogen-bond acceptors (Lipinski definition) is 7. The van der Waals surface area contributed by atoms with Crippen LogP contribution >= 0.6 is 11.3 Å². The lowest BCUT2D eigenvalue weighted by molar-refractivity contribution is -0.136. The second-order valence-electron chi connectivity index (χ2n) is 5.38. The lowest BCUT2D eigenvalue weighted by atomic mass is 9.76. The molecule has 2 heterocycles. The highest BCUT2D eigenvalue weighted by molar-refractivity contribution is 7.14. The van der Waals surface area contributed by atoms with Gasteiger partial charge in [-0.1, -0.05) is 29.5 Å². The molecule has 0 fully saturated rings. The van der Waals surface area contributed by atoms with Crippen molar-refractivity contribution < 1.29 is 28.4 Å². The summed E-state index contributed by atoms with van der Waals surface area (Å²) < 4.78 is 18.2. The van der Waals surface area contributed by atoms with E-state index in [1.54, 1.807) is 24.3 Å². The van der Waals surface area contributed by atoms with Gasteiger partial charge in [0.1, 0.15) is 5.58 Å². The number of amides is 2. The third-order valence-electron chi connectivity index (χ3n) is 3.58. The monoisotopic (exact) mass is 377 g/mol. The molecule has 0 bridgehead atoms. The van der Waals surface area contributed by atoms with Gasteiger partial charge >= 0.3 is 18.9 Å². The molecule has 0 spiro atoms. The number of carbonyl (C=O) groups excluding carboxylic acids is 2. The van der Waals surface area contributed by atoms with E-state index in [4.69, 9.17) is 4.42 Å². The second-order valence-corrected chi connectivity index (χ2v) is 6.36. The molecule has 0 unspecified atom stereocenters. The van der Waals surface area contributed by atoms with Crippen LogP contribution in [0.25, 0.3) is 11.0 Å². The van der Waals surface area contributed by atoms with Crippen LogP contribution in [0.5, 0.6) is 0 Å². The Morgan fingerprint density at radius 3 is 2.77 bits per heavy atom. The average molecular weight is 377 g/mol. The van der Waals surface area contributed by atoms with E-state index < -0.39 is 30.0 Å². The summed E-state index contributed by atoms with van der Waals surface area (Å²) in [5.41, 5.74) is 1.25. The van der Waals surface area contributed by atoms with Crippen LogP contribution < -0.4 is 10.6 Å². The number of anilines is 1. The van der Waals surface area contributed by atoms with Crippen LogP contribution in [0.2, 0.25) is 0 Å². The number of nitrogens with one attached hydrogen (secondary N) is 2. The molecule has 0 aliphatic heterocycles. The van der Waals surface area contributed by atoms with Crippen molar-refractivity contribution >= 4 is 46.4 Å². The molecule has 2 aromatic heterocycles. The summed E-state index contributed by atoms with van der Waals surface area (Å²) in [5, 5.41) is 23.5. The molecule has 11 heteroatoms. The molecule has 1 aromatic carbocycles. The standard InChI is InChI=1S/C15H13BFN3O5S/c17-12-6-18-15(26-12)20-14(22)13(21)19-11(16(23)24)5-8-7-25-10-4-2-1-3-9(8)10/h1-4,6-7,11,23-24H,5H2,(H,19,21)(H,18,20,22)/t11-/m0/s1. The lowest BCUT2D eigenvalue weighted by Crippen LogP contribution is -2.51. The van der Waals surface area contributed by atoms with Crippen molar-refractivity contribution in [2.75, 3.05) is 5.32 Å². The van der Waals surface area contributed by atoms with E-state index in [-0.39, 0.29) is 11.6 Å². The maximum atomic E-state index is 12.9. The van der Waals surface area contributed by atoms with E-state index >= 15 is 0 Å². The fraction of sp³-hybridized carbons (Fsp3) is 0.133. The Morgan fingerprint density at radius 1 is 1.31 bits per heavy atom. The number of fused-ring (bicyclic) bond motifs is 1. The first-order valence-electron chi connectivity index (χ1n) is 7.48. The number of hydrogen-bond donors (Lipinski definition) is 4. The highest BCUT2D eigenvalue weighted by Crippen LogP contribution is 2.22. The molecule has 0 saturated heterocycles. The SMILES string of the molecule is O=C(Nc1ncc(F)s1)C(=O)N[C@@H](Cc1coc2ccccc12)B(O)O. The largest absolute Gasteiger partial charge is 0.475 e. The van der Waals surface area contributed by atoms with Gasteiger partial charge in [-0.2, -0.15) is 4.39 Å². The normalized spacial score (nSPS) is 12.0. The van der Waals surface area contributed by atoms with Crippen molar-refractivity contribution in [1.29, 1.82) is 0 Å². The van der Waals surface area contributed by atoms with Crippen LogP contribution in [-0.4, -0.2) is 39.9 Å². The van der Waals surface area contributed by atoms with Crippen LogP contribution in [0, 0.1) is 5.13 Å². The summed E-state index contributed by atoms with van der Waals surface area (Å²) in [4.78, 5) is 27.4. The molecule has 0 saturated carbocycles. The van der Waals surface area contributed by atoms with E-state index in [0.29, 0.717) is 22.5 Å². The van der Waals surface area contributed by atoms with Gasteiger partial charge in [-0.25, -0.2) is 4.98 Å². The van der Waals surface area contributed by atoms with Gasteiger partial charge in [0, 0.05) is 5.39 Å². The Kier molecular flexibility index (Phi) is 5.31. The number of carbonyl (C=O) groups is 2. The molecular formula is C15H13BFN3O5S. The van der Waals surface area contributed by atoms with Crippen LogP contribution in [0.1, 0.15) is 5.56 Å². The molecule has 1 atom stereocenters. The highest BCUT2D eigenvalue weighted by Gasteiger charge is 2.29. The van der Waals surface area contributed by atoms with Gasteiger partial charge in [-0.3, -0.25) is 14.9 Å². The van der Waals surface area contributed by atoms with Gasteiger partial charge < -0.3 is 19.8 Å². The number of furan rings is 1. The Labute approximate surface area is 150 Å². The molecule has 4 N–H and O–H groups in total. The maximum absolute atomic E-state index is 12.9. The number of halogens is 1. The third kappa shape index (κ3) is 4.07. The summed E-state index contributed by atoms with van der Waals surface area (Å²) in [6, 6.07) is 7.13. The summed E-state index contributed by atoms with van der Waals surface area (Å²) in [7, 11) is -1.90. The highest BCUT2D eigenvalue weighted by atomic mass is 32.1. The van der Waals surface area contributed by atoms with Gasteiger partial charge in [0.15, 0.2) is 10.3 Å². The third-order valence-corrected chi connectivity index (χ3v) is 4.28. The van der Waals surface area contributed by atoms with Gasteiger partial charge in [0.2, 0.25) is 0 Å². The van der Waals surface area contributed by atoms with Crippen LogP contribution in [0.3, 0.4) is 0 Å². The Bertz CT molecular complexity index is 944. The molecule has 134 valence electrons. The minimum Gasteiger partial charge on any atom is -0.464 e. The zero-order valence-electron chi connectivity index (χ0n) is 13.2. The van der Waals surface area contributed by atoms with E-state index in [1.165, 1.54) is 6.26 Å². The fourth-order valence-electron chi connectivity index (χ4n) is 2.36. The molecule has 0 aliphatic rings. The first-order valence-corrected chi connectivity index (χ1v) is 8.30. The van der Waals surface area contributed by atoms with Crippen LogP contribution in [0.4, 0.5) is 9.52 Å². The topological polar surface area (TPSA) is 125 Å². The fourth-order valence-corrected chi connectivity index (χ4v) is 2.90. The van der Waals surface area contributed by atoms with Crippen molar-refractivity contribution in [3.8, 4) is 0 Å². The molecule has 0 aliphatic carbocycles. The van der Waals surface area contributed by atoms with E-state index in [1.807, 2.05) is 0 Å². The van der Waals surface area contributed by atoms with Crippen molar-refractivity contribution in [1.82, 2.24) is 10.3 Å². The van der Waals surface area contributed by atoms with Crippen LogP contribution in [0.15, 0.2) is 41.1 Å². The van der Waals surface area contributed by atoms with Gasteiger partial charge in [-0.05, 0) is 18.1 Å². The minimum absolute atomic E-state index is 0.0274. The first-order chi connectivity index (χ1) is 12.4. The molecule has 8 nitrogen and oxygen atoms in total. The number of benzene rings is 1. The van der Waals surface area contributed by atoms with E-state index in [2.05, 4.69) is 15.6 Å². The van der Waals surface area contributed by atoms with E-state index in [9.17, 15) is 24.0 Å². The minimum atomic E-state index is -1.90. The second kappa shape index (κ2) is 7.64. The maximum Gasteiger partial charge on any atom is 0.475 e. The van der Waals surface area contributed by atoms with Gasteiger partial charge in [-0.15, -0.1) is 0 Å². The zero-order chi connectivity index (χ0) is 18.7. The Hall–Kier alpha value is -2.76. The number of aromatic nitrogens is 1. The summed E-state index contributed by atoms with van der Waals surface area (Å²) >= 11 is 0.563. The number of nitrogens with zero attached hydrogens (tertiary/aromatic N) is 1. The smallest absolute Gasteiger partial charge is 0.464 e. The van der Waals surface area contributed by atoms with Crippen molar-refractivity contribution in [2.24, 2.45) is 0 Å². The Morgan fingerprint density at radius 2 is 2.08 bits per heavy atom. The zero-order valence-corrected chi connectivity index (χ0v) is 14.0. The summed E-state index contributed by atoms with van der Waals surface area (Å²) in [6.07, 6.45) is 2.38. The molecule has 3 rings (SSSR count). The summed E-state index contributed by atoms with van der Waals surface area (Å²) in [5.74, 6) is -3.35. The molecule has 26 heavy (non-hydrogen) atoms. The quantitative estimate of drug-likeness (QED) is 0.383. The molecule has 0 radical (unpaired) electrons. The molecule has 3 aromatic rings. The molecular weight excluding hydrogens is 364 g/mol. The predicted octanol–water partition coefficient (Wildman–Crippen LogP) is 0.706. The number of rotatable bonds is 5. The van der Waals surface area contributed by atoms with Crippen molar-refractivity contribution in [2.45, 2.75) is 12.4 Å². The van der Waals surface area contributed by atoms with Gasteiger partial charge in [0.25, 0.3) is 0 Å². The van der Waals surface area contributed by atoms with Gasteiger partial charge in [0.05, 0.1) is 18.4 Å². The Balaban J connectivity index is 1.68. The first kappa shape index (κ1) is 18.0. The number of para-hydroxylation sites is 1.